The maximum atomic E-state index is 13.2. The van der Waals surface area contributed by atoms with Crippen LogP contribution in [0.3, 0.4) is 0 Å². The Morgan fingerprint density at radius 3 is 1.10 bits per heavy atom. The molecule has 2 aromatic heterocycles. The van der Waals surface area contributed by atoms with E-state index < -0.39 is 41.7 Å². The molecule has 2 aromatic carbocycles. The summed E-state index contributed by atoms with van der Waals surface area (Å²) >= 11 is 2.99. The number of aryl methyl sites for hydroxylation is 2. The van der Waals surface area contributed by atoms with Crippen LogP contribution in [0.1, 0.15) is 22.1 Å². The first-order chi connectivity index (χ1) is 32.4. The molecule has 396 valence electrons. The van der Waals surface area contributed by atoms with Crippen molar-refractivity contribution in [3.05, 3.63) is 69.7 Å². The monoisotopic (exact) mass is 1660 g/mol. The van der Waals surface area contributed by atoms with E-state index >= 15 is 0 Å². The molecule has 20 atom stereocenters. The van der Waals surface area contributed by atoms with Crippen molar-refractivity contribution < 1.29 is 46.0 Å². The van der Waals surface area contributed by atoms with E-state index in [1.807, 2.05) is 0 Å². The lowest BCUT2D eigenvalue weighted by Crippen LogP contribution is -2.30. The lowest BCUT2D eigenvalue weighted by Gasteiger charge is -2.54. The van der Waals surface area contributed by atoms with Crippen molar-refractivity contribution in [2.75, 3.05) is 7.11 Å². The molecule has 0 amide bonds. The fourth-order valence-electron chi connectivity index (χ4n) is 4.33. The number of rotatable bonds is 19. The average molecular weight is 1660 g/mol. The molecule has 0 bridgehead atoms. The summed E-state index contributed by atoms with van der Waals surface area (Å²) in [5, 5.41) is 31.5. The molecule has 0 aliphatic rings. The Morgan fingerprint density at radius 1 is 0.529 bits per heavy atom. The fraction of sp³-hybridized carbons (Fsp3) is 0.150. The second-order valence-corrected chi connectivity index (χ2v) is 150. The van der Waals surface area contributed by atoms with Gasteiger partial charge in [-0.2, -0.15) is 0 Å². The number of halogens is 5. The van der Waals surface area contributed by atoms with Gasteiger partial charge in [-0.3, -0.25) is 4.79 Å². The van der Waals surface area contributed by atoms with Crippen LogP contribution in [0, 0.1) is 37.1 Å². The number of hydrogen-bond acceptors (Lipinski definition) is 10. The number of nitrogens with zero attached hydrogens (tertiary/aromatic N) is 4. The smallest absolute Gasteiger partial charge is 0.488 e. The van der Waals surface area contributed by atoms with E-state index in [4.69, 9.17) is 18.9 Å². The first-order valence-electron chi connectivity index (χ1n) is 17.2. The van der Waals surface area contributed by atoms with Crippen molar-refractivity contribution in [1.29, 1.82) is 0 Å². The number of aromatic nitrogens is 4. The Labute approximate surface area is 476 Å². The summed E-state index contributed by atoms with van der Waals surface area (Å²) < 4.78 is 66.4. The van der Waals surface area contributed by atoms with E-state index in [-0.39, 0.29) is 141 Å². The summed E-state index contributed by atoms with van der Waals surface area (Å²) in [5.74, 6) is -3.52. The van der Waals surface area contributed by atoms with Crippen molar-refractivity contribution >= 4 is 307 Å². The summed E-state index contributed by atoms with van der Waals surface area (Å²) in [7, 11) is 59.2. The van der Waals surface area contributed by atoms with Gasteiger partial charge in [0.15, 0.2) is 23.7 Å². The fourth-order valence-corrected chi connectivity index (χ4v) is 465. The molecule has 0 fully saturated rings. The zero-order chi connectivity index (χ0) is 54.2. The number of aldehydes is 1. The number of carbonyl (C=O) groups excluding carboxylic acids is 1. The van der Waals surface area contributed by atoms with Gasteiger partial charge in [0, 0.05) is 35.3 Å². The molecule has 0 saturated heterocycles. The third-order valence-electron chi connectivity index (χ3n) is 6.81. The number of ether oxygens (including phenoxy) is 1. The van der Waals surface area contributed by atoms with Gasteiger partial charge in [0.05, 0.1) is 12.7 Å². The topological polar surface area (TPSA) is 145 Å². The summed E-state index contributed by atoms with van der Waals surface area (Å²) in [6, 6.07) is 3.54. The zero-order valence-corrected chi connectivity index (χ0v) is 72.9. The van der Waals surface area contributed by atoms with Crippen molar-refractivity contribution in [2.45, 2.75) is 13.8 Å². The second kappa shape index (κ2) is 41.3. The Morgan fingerprint density at radius 2 is 0.857 bits per heavy atom. The Balaban J connectivity index is 0.000000550. The molecule has 2 heterocycles. The molecule has 0 saturated carbocycles. The quantitative estimate of drug-likeness (QED) is 0.0403. The van der Waals surface area contributed by atoms with Crippen LogP contribution in [0.15, 0.2) is 37.9 Å². The Bertz CT molecular complexity index is 2080. The summed E-state index contributed by atoms with van der Waals surface area (Å²) in [4.78, 5) is 10.8. The van der Waals surface area contributed by atoms with Crippen LogP contribution < -0.4 is 10.2 Å². The minimum atomic E-state index is -1.89. The van der Waals surface area contributed by atoms with Crippen molar-refractivity contribution in [2.24, 2.45) is 0 Å². The van der Waals surface area contributed by atoms with Gasteiger partial charge in [0.1, 0.15) is 11.6 Å². The third-order valence-corrected chi connectivity index (χ3v) is 233. The van der Waals surface area contributed by atoms with Crippen LogP contribution >= 0.6 is 288 Å². The maximum Gasteiger partial charge on any atom is 0.488 e. The maximum absolute atomic E-state index is 13.2. The molecule has 0 spiro atoms. The van der Waals surface area contributed by atoms with Crippen molar-refractivity contribution in [3.8, 4) is 17.2 Å². The van der Waals surface area contributed by atoms with Gasteiger partial charge < -0.3 is 23.6 Å². The molecule has 20 unspecified atom stereocenters. The van der Waals surface area contributed by atoms with Crippen LogP contribution in [-0.2, 0) is 0 Å². The third kappa shape index (κ3) is 27.2. The summed E-state index contributed by atoms with van der Waals surface area (Å²) in [6.45, 7) is 2.52. The zero-order valence-electron chi connectivity index (χ0n) is 36.2. The van der Waals surface area contributed by atoms with Gasteiger partial charge >= 0.3 is 7.12 Å². The number of hydrogen-bond donors (Lipinski definition) is 2. The highest BCUT2D eigenvalue weighted by molar-refractivity contribution is 9.46. The van der Waals surface area contributed by atoms with Gasteiger partial charge in [-0.1, -0.05) is 0 Å². The lowest BCUT2D eigenvalue weighted by atomic mass is 9.80. The highest BCUT2D eigenvalue weighted by Gasteiger charge is 2.52. The molecule has 0 aliphatic heterocycles. The van der Waals surface area contributed by atoms with Gasteiger partial charge in [-0.15, -0.1) is 181 Å². The number of benzene rings is 2. The molecule has 2 N–H and O–H groups in total. The predicted molar refractivity (Wildman–Crippen MR) is 405 cm³/mol. The van der Waals surface area contributed by atoms with Gasteiger partial charge in [-0.25, -0.2) is 17.6 Å². The van der Waals surface area contributed by atoms with Crippen molar-refractivity contribution in [3.63, 3.8) is 0 Å². The highest BCUT2D eigenvalue weighted by atomic mass is 79.9. The standard InChI is InChI=1S/C10H6F2N2O2.C7H7BF2O3.C3H3BrN2O.H36P34/c1-5-13-14-10(16-5)6-2-8(11)7(4-15)9(12)3-6;1-13-7-5(9)2-4(8(11)12)3-6(7)10;1-2-5-6-3(4)7-2;1-19(2)28(20(3)4)32(27(17)18)34(31(25(13)14)26(15)16)33(29(21(5)6)22(7)8)30(23(9)10)24(11)12/h2-4H,1H3;2-3,11-12H,1H3;1H3;1-18H2. The minimum absolute atomic E-state index is 0.000249. The molecule has 10 nitrogen and oxygen atoms in total. The van der Waals surface area contributed by atoms with E-state index in [1.165, 1.54) is 0 Å². The molecule has 50 heteroatoms. The minimum Gasteiger partial charge on any atom is -0.491 e. The normalized spacial score (nSPS) is 12.9. The number of carbonyl (C=O) groups is 1. The van der Waals surface area contributed by atoms with Gasteiger partial charge in [0.25, 0.3) is 4.80 Å². The van der Waals surface area contributed by atoms with Crippen LogP contribution in [0.25, 0.3) is 11.5 Å². The molecular weight excluding hydrogens is 1610 g/mol. The number of methoxy groups -OCH3 is 1. The van der Waals surface area contributed by atoms with E-state index in [0.717, 1.165) is 31.4 Å². The first kappa shape index (κ1) is 79.0. The second-order valence-electron chi connectivity index (χ2n) is 11.9. The van der Waals surface area contributed by atoms with Crippen molar-refractivity contribution in [1.82, 2.24) is 20.4 Å². The molecule has 0 radical (unpaired) electrons. The van der Waals surface area contributed by atoms with E-state index in [2.05, 4.69) is 202 Å². The summed E-state index contributed by atoms with van der Waals surface area (Å²) in [6.07, 6.45) is 0.119. The molecule has 4 rings (SSSR count). The van der Waals surface area contributed by atoms with Crippen LogP contribution in [-0.4, -0.2) is 51.0 Å². The largest absolute Gasteiger partial charge is 0.491 e. The highest BCUT2D eigenvalue weighted by Crippen LogP contribution is 3.40. The SMILES string of the molecule is COc1c(F)cc(B(O)O)cc1F.Cc1nnc(-c2cc(F)c(C=O)c(F)c2)o1.Cc1nnc(Br)o1.PP(P)P(P(P)P)P(P(P)P)P(P(P(P)P)P(P)P)P(P(P(P)P)P(P)P)P(P(P)P)P(P)P. The van der Waals surface area contributed by atoms with E-state index in [0.29, 0.717) is 10.7 Å². The van der Waals surface area contributed by atoms with Gasteiger partial charge in [-0.05, 0) is 142 Å². The molecule has 70 heavy (non-hydrogen) atoms. The summed E-state index contributed by atoms with van der Waals surface area (Å²) in [5.41, 5.74) is -0.767. The molecule has 4 aromatic rings. The van der Waals surface area contributed by atoms with Crippen LogP contribution in [0.4, 0.5) is 17.6 Å². The predicted octanol–water partition coefficient (Wildman–Crippen LogP) is 22.6. The van der Waals surface area contributed by atoms with Gasteiger partial charge in [0.2, 0.25) is 17.7 Å². The Kier molecular flexibility index (Phi) is 46.6. The van der Waals surface area contributed by atoms with Crippen LogP contribution in [0.2, 0.25) is 0 Å². The lowest BCUT2D eigenvalue weighted by molar-refractivity contribution is 0.111. The molecular formula is C20H52BBrF4N4O6P34. The first-order valence-corrected chi connectivity index (χ1v) is 79.2. The molecule has 0 aliphatic carbocycles. The average Bonchev–Trinajstić information content (AvgIpc) is 3.83. The van der Waals surface area contributed by atoms with E-state index in [1.54, 1.807) is 13.8 Å². The van der Waals surface area contributed by atoms with Crippen LogP contribution in [0.5, 0.6) is 5.75 Å². The Hall–Kier alpha value is 11.0. The van der Waals surface area contributed by atoms with E-state index in [9.17, 15) is 22.4 Å².